The fraction of sp³-hybridized carbons (Fsp3) is 0.611. The van der Waals surface area contributed by atoms with Gasteiger partial charge in [-0.3, -0.25) is 4.79 Å². The molecule has 2 N–H and O–H groups in total. The number of benzene rings is 1. The Balaban J connectivity index is 1.85. The van der Waals surface area contributed by atoms with Gasteiger partial charge in [-0.25, -0.2) is 0 Å². The van der Waals surface area contributed by atoms with Gasteiger partial charge in [0, 0.05) is 6.42 Å². The summed E-state index contributed by atoms with van der Waals surface area (Å²) in [4.78, 5) is 12.3. The first-order valence-corrected chi connectivity index (χ1v) is 8.13. The zero-order valence-electron chi connectivity index (χ0n) is 13.5. The van der Waals surface area contributed by atoms with Gasteiger partial charge in [-0.05, 0) is 62.7 Å². The van der Waals surface area contributed by atoms with Crippen molar-refractivity contribution in [3.8, 4) is 0 Å². The van der Waals surface area contributed by atoms with Crippen molar-refractivity contribution < 1.29 is 4.79 Å². The van der Waals surface area contributed by atoms with E-state index in [1.807, 2.05) is 12.1 Å². The molecule has 0 radical (unpaired) electrons. The van der Waals surface area contributed by atoms with E-state index < -0.39 is 0 Å². The summed E-state index contributed by atoms with van der Waals surface area (Å²) in [5.41, 5.74) is 2.44. The van der Waals surface area contributed by atoms with Crippen LogP contribution in [-0.4, -0.2) is 19.0 Å². The molecule has 116 valence electrons. The third kappa shape index (κ3) is 4.57. The molecule has 1 aliphatic rings. The molecule has 1 aromatic carbocycles. The summed E-state index contributed by atoms with van der Waals surface area (Å²) in [7, 11) is 0. The summed E-state index contributed by atoms with van der Waals surface area (Å²) in [6, 6.07) is 8.33. The minimum absolute atomic E-state index is 0.0823. The molecule has 1 heterocycles. The molecule has 0 aliphatic carbocycles. The third-order valence-electron chi connectivity index (χ3n) is 4.73. The predicted molar refractivity (Wildman–Crippen MR) is 87.1 cm³/mol. The number of amides is 1. The van der Waals surface area contributed by atoms with E-state index in [0.29, 0.717) is 18.3 Å². The molecule has 1 saturated heterocycles. The van der Waals surface area contributed by atoms with Crippen LogP contribution < -0.4 is 10.6 Å². The zero-order chi connectivity index (χ0) is 15.2. The number of hydrogen-bond acceptors (Lipinski definition) is 2. The average Bonchev–Trinajstić information content (AvgIpc) is 2.48. The first-order valence-electron chi connectivity index (χ1n) is 8.13. The normalized spacial score (nSPS) is 19.0. The lowest BCUT2D eigenvalue weighted by atomic mass is 9.84. The maximum absolute atomic E-state index is 12.3. The van der Waals surface area contributed by atoms with Crippen LogP contribution in [0, 0.1) is 18.8 Å². The van der Waals surface area contributed by atoms with Gasteiger partial charge in [0.15, 0.2) is 0 Å². The highest BCUT2D eigenvalue weighted by atomic mass is 16.1. The SMILES string of the molecule is Cc1ccccc1C(C)NC(=O)CC(C)C1CCNCC1. The molecule has 1 amide bonds. The van der Waals surface area contributed by atoms with E-state index in [1.165, 1.54) is 24.0 Å². The molecule has 3 heteroatoms. The second-order valence-corrected chi connectivity index (χ2v) is 6.41. The van der Waals surface area contributed by atoms with Crippen LogP contribution in [0.25, 0.3) is 0 Å². The highest BCUT2D eigenvalue weighted by Gasteiger charge is 2.22. The van der Waals surface area contributed by atoms with Crippen molar-refractivity contribution in [2.24, 2.45) is 11.8 Å². The number of carbonyl (C=O) groups is 1. The van der Waals surface area contributed by atoms with Gasteiger partial charge in [-0.15, -0.1) is 0 Å². The Morgan fingerprint density at radius 3 is 2.62 bits per heavy atom. The van der Waals surface area contributed by atoms with Crippen molar-refractivity contribution in [2.75, 3.05) is 13.1 Å². The lowest BCUT2D eigenvalue weighted by Crippen LogP contribution is -2.34. The number of nitrogens with one attached hydrogen (secondary N) is 2. The van der Waals surface area contributed by atoms with Crippen LogP contribution in [0.5, 0.6) is 0 Å². The molecule has 2 atom stereocenters. The highest BCUT2D eigenvalue weighted by molar-refractivity contribution is 5.76. The second kappa shape index (κ2) is 7.60. The van der Waals surface area contributed by atoms with Crippen LogP contribution in [0.15, 0.2) is 24.3 Å². The third-order valence-corrected chi connectivity index (χ3v) is 4.73. The topological polar surface area (TPSA) is 41.1 Å². The lowest BCUT2D eigenvalue weighted by Gasteiger charge is -2.28. The smallest absolute Gasteiger partial charge is 0.220 e. The van der Waals surface area contributed by atoms with Crippen molar-refractivity contribution in [3.05, 3.63) is 35.4 Å². The summed E-state index contributed by atoms with van der Waals surface area (Å²) < 4.78 is 0. The number of carbonyl (C=O) groups excluding carboxylic acids is 1. The molecule has 0 saturated carbocycles. The Kier molecular flexibility index (Phi) is 5.80. The maximum Gasteiger partial charge on any atom is 0.220 e. The van der Waals surface area contributed by atoms with Crippen LogP contribution in [0.2, 0.25) is 0 Å². The van der Waals surface area contributed by atoms with E-state index in [4.69, 9.17) is 0 Å². The van der Waals surface area contributed by atoms with E-state index in [0.717, 1.165) is 13.1 Å². The molecule has 0 spiro atoms. The fourth-order valence-corrected chi connectivity index (χ4v) is 3.32. The van der Waals surface area contributed by atoms with Crippen molar-refractivity contribution in [1.82, 2.24) is 10.6 Å². The van der Waals surface area contributed by atoms with Crippen molar-refractivity contribution >= 4 is 5.91 Å². The van der Waals surface area contributed by atoms with Crippen LogP contribution in [0.1, 0.15) is 50.3 Å². The Morgan fingerprint density at radius 2 is 1.95 bits per heavy atom. The Labute approximate surface area is 128 Å². The molecule has 1 aliphatic heterocycles. The summed E-state index contributed by atoms with van der Waals surface area (Å²) in [5, 5.41) is 6.53. The average molecular weight is 288 g/mol. The quantitative estimate of drug-likeness (QED) is 0.873. The molecule has 1 aromatic rings. The number of aryl methyl sites for hydroxylation is 1. The minimum atomic E-state index is 0.0823. The molecule has 0 bridgehead atoms. The van der Waals surface area contributed by atoms with E-state index >= 15 is 0 Å². The molecule has 0 aromatic heterocycles. The van der Waals surface area contributed by atoms with Crippen LogP contribution >= 0.6 is 0 Å². The number of rotatable bonds is 5. The predicted octanol–water partition coefficient (Wildman–Crippen LogP) is 3.20. The fourth-order valence-electron chi connectivity index (χ4n) is 3.32. The van der Waals surface area contributed by atoms with Crippen LogP contribution in [0.3, 0.4) is 0 Å². The van der Waals surface area contributed by atoms with Crippen LogP contribution in [-0.2, 0) is 4.79 Å². The van der Waals surface area contributed by atoms with Gasteiger partial charge in [0.25, 0.3) is 0 Å². The van der Waals surface area contributed by atoms with Gasteiger partial charge in [0.2, 0.25) is 5.91 Å². The Morgan fingerprint density at radius 1 is 1.29 bits per heavy atom. The minimum Gasteiger partial charge on any atom is -0.350 e. The molecule has 21 heavy (non-hydrogen) atoms. The molecule has 3 nitrogen and oxygen atoms in total. The first-order chi connectivity index (χ1) is 10.1. The van der Waals surface area contributed by atoms with Gasteiger partial charge in [-0.2, -0.15) is 0 Å². The highest BCUT2D eigenvalue weighted by Crippen LogP contribution is 2.25. The van der Waals surface area contributed by atoms with Gasteiger partial charge in [0.1, 0.15) is 0 Å². The zero-order valence-corrected chi connectivity index (χ0v) is 13.5. The van der Waals surface area contributed by atoms with E-state index in [9.17, 15) is 4.79 Å². The summed E-state index contributed by atoms with van der Waals surface area (Å²) in [6.07, 6.45) is 3.03. The largest absolute Gasteiger partial charge is 0.350 e. The van der Waals surface area contributed by atoms with Gasteiger partial charge >= 0.3 is 0 Å². The standard InChI is InChI=1S/C18H28N2O/c1-13-6-4-5-7-17(13)15(3)20-18(21)12-14(2)16-8-10-19-11-9-16/h4-7,14-16,19H,8-12H2,1-3H3,(H,20,21). The monoisotopic (exact) mass is 288 g/mol. The number of piperidine rings is 1. The van der Waals surface area contributed by atoms with E-state index in [2.05, 4.69) is 43.5 Å². The Bertz CT molecular complexity index is 466. The van der Waals surface area contributed by atoms with E-state index in [1.54, 1.807) is 0 Å². The summed E-state index contributed by atoms with van der Waals surface area (Å²) in [6.45, 7) is 8.56. The molecule has 2 unspecified atom stereocenters. The summed E-state index contributed by atoms with van der Waals surface area (Å²) >= 11 is 0. The Hall–Kier alpha value is -1.35. The maximum atomic E-state index is 12.3. The molecule has 1 fully saturated rings. The molecule has 2 rings (SSSR count). The summed E-state index contributed by atoms with van der Waals surface area (Å²) in [5.74, 6) is 1.33. The molecular formula is C18H28N2O. The van der Waals surface area contributed by atoms with Gasteiger partial charge in [-0.1, -0.05) is 31.2 Å². The van der Waals surface area contributed by atoms with Crippen molar-refractivity contribution in [2.45, 2.75) is 46.1 Å². The van der Waals surface area contributed by atoms with Gasteiger partial charge in [0.05, 0.1) is 6.04 Å². The van der Waals surface area contributed by atoms with Crippen molar-refractivity contribution in [3.63, 3.8) is 0 Å². The second-order valence-electron chi connectivity index (χ2n) is 6.41. The number of hydrogen-bond donors (Lipinski definition) is 2. The first kappa shape index (κ1) is 16.0. The van der Waals surface area contributed by atoms with Crippen molar-refractivity contribution in [1.29, 1.82) is 0 Å². The van der Waals surface area contributed by atoms with Gasteiger partial charge < -0.3 is 10.6 Å². The molecular weight excluding hydrogens is 260 g/mol. The van der Waals surface area contributed by atoms with E-state index in [-0.39, 0.29) is 11.9 Å². The lowest BCUT2D eigenvalue weighted by molar-refractivity contribution is -0.123. The van der Waals surface area contributed by atoms with Crippen LogP contribution in [0.4, 0.5) is 0 Å².